The Kier molecular flexibility index (Phi) is 7.45. The maximum atomic E-state index is 13.0. The molecule has 0 radical (unpaired) electrons. The molecule has 0 aromatic heterocycles. The van der Waals surface area contributed by atoms with Gasteiger partial charge in [-0.25, -0.2) is 4.90 Å². The number of piperazine rings is 1. The standard InChI is InChI=1S/C22H33N3O3/c1-3-5-6-7-16-28-19-10-8-18(9-11-19)25-21(26)17-20(22(25)27)24-14-12-23(4-2)13-15-24/h8-11,20H,3-7,12-17H2,1-2H3/p+2/t20-/m1/s1. The number of amides is 2. The van der Waals surface area contributed by atoms with Gasteiger partial charge in [0.2, 0.25) is 5.91 Å². The molecule has 2 fully saturated rings. The first-order valence-corrected chi connectivity index (χ1v) is 10.9. The smallest absolute Gasteiger partial charge is 0.292 e. The summed E-state index contributed by atoms with van der Waals surface area (Å²) < 4.78 is 5.77. The summed E-state index contributed by atoms with van der Waals surface area (Å²) in [5.74, 6) is 0.661. The number of rotatable bonds is 9. The highest BCUT2D eigenvalue weighted by molar-refractivity contribution is 6.21. The molecule has 2 saturated heterocycles. The first kappa shape index (κ1) is 20.8. The van der Waals surface area contributed by atoms with Crippen LogP contribution in [0.15, 0.2) is 24.3 Å². The topological polar surface area (TPSA) is 55.5 Å². The van der Waals surface area contributed by atoms with Crippen molar-refractivity contribution in [3.05, 3.63) is 24.3 Å². The fraction of sp³-hybridized carbons (Fsp3) is 0.636. The van der Waals surface area contributed by atoms with Gasteiger partial charge in [-0.3, -0.25) is 9.59 Å². The average molecular weight is 390 g/mol. The lowest BCUT2D eigenvalue weighted by Crippen LogP contribution is -3.29. The highest BCUT2D eigenvalue weighted by Crippen LogP contribution is 2.24. The van der Waals surface area contributed by atoms with Gasteiger partial charge in [-0.05, 0) is 37.6 Å². The van der Waals surface area contributed by atoms with Crippen LogP contribution in [0.5, 0.6) is 5.75 Å². The molecule has 0 aliphatic carbocycles. The van der Waals surface area contributed by atoms with Crippen LogP contribution in [0.25, 0.3) is 0 Å². The molecule has 1 atom stereocenters. The largest absolute Gasteiger partial charge is 0.494 e. The Morgan fingerprint density at radius 3 is 2.36 bits per heavy atom. The molecule has 0 spiro atoms. The molecule has 0 bridgehead atoms. The number of hydrogen-bond donors (Lipinski definition) is 2. The van der Waals surface area contributed by atoms with E-state index in [4.69, 9.17) is 4.74 Å². The summed E-state index contributed by atoms with van der Waals surface area (Å²) >= 11 is 0. The molecule has 3 rings (SSSR count). The molecule has 2 amide bonds. The number of carbonyl (C=O) groups is 2. The lowest BCUT2D eigenvalue weighted by molar-refractivity contribution is -1.02. The van der Waals surface area contributed by atoms with Crippen LogP contribution >= 0.6 is 0 Å². The Labute approximate surface area is 168 Å². The van der Waals surface area contributed by atoms with E-state index in [9.17, 15) is 9.59 Å². The van der Waals surface area contributed by atoms with Crippen molar-refractivity contribution in [1.82, 2.24) is 0 Å². The Bertz CT molecular complexity index is 653. The second kappa shape index (κ2) is 10.0. The molecular formula is C22H35N3O3+2. The summed E-state index contributed by atoms with van der Waals surface area (Å²) in [4.78, 5) is 29.8. The van der Waals surface area contributed by atoms with E-state index in [1.165, 1.54) is 29.1 Å². The summed E-state index contributed by atoms with van der Waals surface area (Å²) in [6.45, 7) is 10.3. The third-order valence-electron chi connectivity index (χ3n) is 6.10. The van der Waals surface area contributed by atoms with Crippen molar-refractivity contribution in [2.45, 2.75) is 52.0 Å². The first-order chi connectivity index (χ1) is 13.6. The van der Waals surface area contributed by atoms with Crippen molar-refractivity contribution in [3.63, 3.8) is 0 Å². The van der Waals surface area contributed by atoms with Crippen LogP contribution in [0.3, 0.4) is 0 Å². The third kappa shape index (κ3) is 4.92. The lowest BCUT2D eigenvalue weighted by atomic mass is 10.1. The van der Waals surface area contributed by atoms with Gasteiger partial charge in [-0.2, -0.15) is 0 Å². The quantitative estimate of drug-likeness (QED) is 0.465. The van der Waals surface area contributed by atoms with Crippen molar-refractivity contribution in [2.24, 2.45) is 0 Å². The van der Waals surface area contributed by atoms with Gasteiger partial charge >= 0.3 is 0 Å². The van der Waals surface area contributed by atoms with Crippen LogP contribution in [-0.2, 0) is 9.59 Å². The van der Waals surface area contributed by atoms with Gasteiger partial charge in [0, 0.05) is 0 Å². The second-order valence-electron chi connectivity index (χ2n) is 7.99. The fourth-order valence-electron chi connectivity index (χ4n) is 4.26. The maximum absolute atomic E-state index is 13.0. The molecule has 2 aliphatic heterocycles. The number of likely N-dealkylation sites (N-methyl/N-ethyl adjacent to an activating group) is 1. The number of carbonyl (C=O) groups excluding carboxylic acids is 2. The zero-order valence-corrected chi connectivity index (χ0v) is 17.3. The molecule has 0 saturated carbocycles. The van der Waals surface area contributed by atoms with Crippen molar-refractivity contribution in [1.29, 1.82) is 0 Å². The number of imide groups is 1. The van der Waals surface area contributed by atoms with E-state index in [1.54, 1.807) is 4.90 Å². The monoisotopic (exact) mass is 389 g/mol. The summed E-state index contributed by atoms with van der Waals surface area (Å²) in [7, 11) is 0. The van der Waals surface area contributed by atoms with E-state index in [1.807, 2.05) is 24.3 Å². The number of hydrogen-bond acceptors (Lipinski definition) is 3. The van der Waals surface area contributed by atoms with Gasteiger partial charge in [0.25, 0.3) is 5.91 Å². The summed E-state index contributed by atoms with van der Waals surface area (Å²) in [6.07, 6.45) is 5.01. The summed E-state index contributed by atoms with van der Waals surface area (Å²) in [6, 6.07) is 7.15. The van der Waals surface area contributed by atoms with Gasteiger partial charge in [0.15, 0.2) is 6.04 Å². The number of unbranched alkanes of at least 4 members (excludes halogenated alkanes) is 3. The number of quaternary nitrogens is 2. The van der Waals surface area contributed by atoms with Crippen molar-refractivity contribution in [3.8, 4) is 5.75 Å². The van der Waals surface area contributed by atoms with Gasteiger partial charge in [-0.15, -0.1) is 0 Å². The zero-order chi connectivity index (χ0) is 19.9. The van der Waals surface area contributed by atoms with Gasteiger partial charge < -0.3 is 14.5 Å². The van der Waals surface area contributed by atoms with Crippen LogP contribution in [0.4, 0.5) is 5.69 Å². The lowest BCUT2D eigenvalue weighted by Gasteiger charge is -2.31. The minimum atomic E-state index is -0.222. The van der Waals surface area contributed by atoms with Crippen molar-refractivity contribution in [2.75, 3.05) is 44.2 Å². The SMILES string of the molecule is CCCCCCOc1ccc(N2C(=O)C[C@@H]([NH+]3CC[NH+](CC)CC3)C2=O)cc1. The number of benzene rings is 1. The van der Waals surface area contributed by atoms with E-state index >= 15 is 0 Å². The highest BCUT2D eigenvalue weighted by Gasteiger charge is 2.46. The van der Waals surface area contributed by atoms with Crippen molar-refractivity contribution >= 4 is 17.5 Å². The molecule has 2 aliphatic rings. The number of ether oxygens (including phenoxy) is 1. The van der Waals surface area contributed by atoms with Crippen LogP contribution in [0.1, 0.15) is 46.0 Å². The van der Waals surface area contributed by atoms with E-state index in [0.717, 1.165) is 44.9 Å². The number of anilines is 1. The minimum absolute atomic E-state index is 0.0480. The summed E-state index contributed by atoms with van der Waals surface area (Å²) in [5.41, 5.74) is 0.660. The molecule has 1 aromatic rings. The summed E-state index contributed by atoms with van der Waals surface area (Å²) in [5, 5.41) is 0. The highest BCUT2D eigenvalue weighted by atomic mass is 16.5. The van der Waals surface area contributed by atoms with Gasteiger partial charge in [0.1, 0.15) is 31.9 Å². The van der Waals surface area contributed by atoms with E-state index in [-0.39, 0.29) is 17.9 Å². The molecule has 28 heavy (non-hydrogen) atoms. The van der Waals surface area contributed by atoms with Gasteiger partial charge in [0.05, 0.1) is 25.3 Å². The van der Waals surface area contributed by atoms with Crippen LogP contribution in [0, 0.1) is 0 Å². The third-order valence-corrected chi connectivity index (χ3v) is 6.10. The second-order valence-corrected chi connectivity index (χ2v) is 7.99. The predicted molar refractivity (Wildman–Crippen MR) is 109 cm³/mol. The van der Waals surface area contributed by atoms with Crippen LogP contribution in [0.2, 0.25) is 0 Å². The molecule has 2 N–H and O–H groups in total. The molecule has 0 unspecified atom stereocenters. The Morgan fingerprint density at radius 1 is 1.00 bits per heavy atom. The van der Waals surface area contributed by atoms with E-state index < -0.39 is 0 Å². The van der Waals surface area contributed by atoms with Crippen LogP contribution < -0.4 is 19.4 Å². The van der Waals surface area contributed by atoms with Gasteiger partial charge in [-0.1, -0.05) is 26.2 Å². The molecule has 6 heteroatoms. The molecular weight excluding hydrogens is 354 g/mol. The predicted octanol–water partition coefficient (Wildman–Crippen LogP) is 0.0809. The van der Waals surface area contributed by atoms with Crippen LogP contribution in [-0.4, -0.2) is 57.2 Å². The van der Waals surface area contributed by atoms with E-state index in [2.05, 4.69) is 13.8 Å². The first-order valence-electron chi connectivity index (χ1n) is 10.9. The zero-order valence-electron chi connectivity index (χ0n) is 17.3. The molecule has 154 valence electrons. The molecule has 6 nitrogen and oxygen atoms in total. The Morgan fingerprint density at radius 2 is 1.71 bits per heavy atom. The normalized spacial score (nSPS) is 25.4. The Balaban J connectivity index is 1.56. The Hall–Kier alpha value is -1.92. The van der Waals surface area contributed by atoms with Crippen molar-refractivity contribution < 1.29 is 24.1 Å². The molecule has 2 heterocycles. The minimum Gasteiger partial charge on any atom is -0.494 e. The maximum Gasteiger partial charge on any atom is 0.292 e. The molecule has 1 aromatic carbocycles. The number of nitrogens with one attached hydrogen (secondary N) is 2. The number of nitrogens with zero attached hydrogens (tertiary/aromatic N) is 1. The fourth-order valence-corrected chi connectivity index (χ4v) is 4.26. The average Bonchev–Trinajstić information content (AvgIpc) is 3.02. The van der Waals surface area contributed by atoms with E-state index in [0.29, 0.717) is 18.7 Å².